The van der Waals surface area contributed by atoms with Gasteiger partial charge in [0.1, 0.15) is 6.61 Å². The second kappa shape index (κ2) is 9.82. The Bertz CT molecular complexity index is 463. The Balaban J connectivity index is 2.74. The predicted molar refractivity (Wildman–Crippen MR) is 89.2 cm³/mol. The first kappa shape index (κ1) is 18.0. The topological polar surface area (TPSA) is 39.7 Å². The van der Waals surface area contributed by atoms with Gasteiger partial charge in [0.05, 0.1) is 18.2 Å². The largest absolute Gasteiger partial charge is 0.493 e. The zero-order chi connectivity index (χ0) is 15.7. The number of halogens is 1. The van der Waals surface area contributed by atoms with Crippen LogP contribution in [0.4, 0.5) is 0 Å². The molecule has 5 heteroatoms. The van der Waals surface area contributed by atoms with Crippen molar-refractivity contribution in [2.75, 3.05) is 34.0 Å². The molecule has 0 spiro atoms. The molecule has 1 N–H and O–H groups in total. The maximum Gasteiger partial charge on any atom is 0.175 e. The lowest BCUT2D eigenvalue weighted by molar-refractivity contribution is 0.199. The van der Waals surface area contributed by atoms with Gasteiger partial charge in [-0.15, -0.1) is 0 Å². The first-order valence-electron chi connectivity index (χ1n) is 6.97. The summed E-state index contributed by atoms with van der Waals surface area (Å²) in [6, 6.07) is 4.01. The van der Waals surface area contributed by atoms with Crippen LogP contribution < -0.4 is 14.8 Å². The highest BCUT2D eigenvalue weighted by Crippen LogP contribution is 2.36. The summed E-state index contributed by atoms with van der Waals surface area (Å²) in [6.07, 6.45) is 0.904. The zero-order valence-corrected chi connectivity index (χ0v) is 14.6. The van der Waals surface area contributed by atoms with Crippen LogP contribution >= 0.6 is 15.9 Å². The summed E-state index contributed by atoms with van der Waals surface area (Å²) >= 11 is 3.55. The maximum atomic E-state index is 5.80. The molecule has 1 rings (SSSR count). The Morgan fingerprint density at radius 1 is 1.33 bits per heavy atom. The van der Waals surface area contributed by atoms with Gasteiger partial charge in [0, 0.05) is 20.2 Å². The van der Waals surface area contributed by atoms with E-state index in [1.165, 1.54) is 0 Å². The van der Waals surface area contributed by atoms with E-state index in [0.717, 1.165) is 40.9 Å². The molecular formula is C16H24BrNO3. The third-order valence-electron chi connectivity index (χ3n) is 3.02. The summed E-state index contributed by atoms with van der Waals surface area (Å²) in [5, 5.41) is 3.30. The van der Waals surface area contributed by atoms with Gasteiger partial charge >= 0.3 is 0 Å². The molecule has 21 heavy (non-hydrogen) atoms. The van der Waals surface area contributed by atoms with Crippen molar-refractivity contribution >= 4 is 15.9 Å². The number of nitrogens with one attached hydrogen (secondary N) is 1. The molecule has 0 saturated carbocycles. The van der Waals surface area contributed by atoms with Crippen LogP contribution in [0, 0.1) is 0 Å². The number of rotatable bonds is 10. The highest BCUT2D eigenvalue weighted by molar-refractivity contribution is 9.10. The Morgan fingerprint density at radius 2 is 2.10 bits per heavy atom. The Morgan fingerprint density at radius 3 is 2.71 bits per heavy atom. The molecule has 0 heterocycles. The van der Waals surface area contributed by atoms with Crippen LogP contribution in [0.3, 0.4) is 0 Å². The van der Waals surface area contributed by atoms with Gasteiger partial charge in [-0.2, -0.15) is 0 Å². The van der Waals surface area contributed by atoms with Gasteiger partial charge in [0.15, 0.2) is 11.5 Å². The molecule has 0 aliphatic rings. The van der Waals surface area contributed by atoms with Gasteiger partial charge in [-0.3, -0.25) is 0 Å². The second-order valence-electron chi connectivity index (χ2n) is 4.67. The van der Waals surface area contributed by atoms with Crippen LogP contribution in [0.2, 0.25) is 0 Å². The molecule has 118 valence electrons. The monoisotopic (exact) mass is 357 g/mol. The van der Waals surface area contributed by atoms with Gasteiger partial charge in [0.2, 0.25) is 0 Å². The normalized spacial score (nSPS) is 10.5. The van der Waals surface area contributed by atoms with E-state index in [9.17, 15) is 0 Å². The van der Waals surface area contributed by atoms with Crippen LogP contribution in [-0.2, 0) is 11.3 Å². The fourth-order valence-corrected chi connectivity index (χ4v) is 2.30. The lowest BCUT2D eigenvalue weighted by Crippen LogP contribution is -2.18. The molecular weight excluding hydrogens is 334 g/mol. The van der Waals surface area contributed by atoms with E-state index in [2.05, 4.69) is 34.7 Å². The quantitative estimate of drug-likeness (QED) is 0.513. The van der Waals surface area contributed by atoms with E-state index >= 15 is 0 Å². The highest BCUT2D eigenvalue weighted by Gasteiger charge is 2.12. The SMILES string of the molecule is C=C(CC)COc1c(Br)cc(CNCCOC)cc1OC. The van der Waals surface area contributed by atoms with Gasteiger partial charge in [0.25, 0.3) is 0 Å². The van der Waals surface area contributed by atoms with E-state index in [1.807, 2.05) is 12.1 Å². The van der Waals surface area contributed by atoms with E-state index in [4.69, 9.17) is 14.2 Å². The average molecular weight is 358 g/mol. The van der Waals surface area contributed by atoms with Crippen LogP contribution in [0.25, 0.3) is 0 Å². The van der Waals surface area contributed by atoms with Crippen LogP contribution in [-0.4, -0.2) is 34.0 Å². The highest BCUT2D eigenvalue weighted by atomic mass is 79.9. The van der Waals surface area contributed by atoms with E-state index in [0.29, 0.717) is 19.0 Å². The van der Waals surface area contributed by atoms with Crippen LogP contribution in [0.15, 0.2) is 28.8 Å². The molecule has 0 aromatic heterocycles. The first-order chi connectivity index (χ1) is 10.1. The van der Waals surface area contributed by atoms with Gasteiger partial charge < -0.3 is 19.5 Å². The summed E-state index contributed by atoms with van der Waals surface area (Å²) in [5.74, 6) is 1.43. The molecule has 0 saturated heterocycles. The number of hydrogen-bond acceptors (Lipinski definition) is 4. The van der Waals surface area contributed by atoms with E-state index < -0.39 is 0 Å². The van der Waals surface area contributed by atoms with Crippen molar-refractivity contribution in [1.29, 1.82) is 0 Å². The lowest BCUT2D eigenvalue weighted by atomic mass is 10.2. The summed E-state index contributed by atoms with van der Waals surface area (Å²) in [7, 11) is 3.34. The van der Waals surface area contributed by atoms with Crippen molar-refractivity contribution < 1.29 is 14.2 Å². The Labute approximate surface area is 135 Å². The minimum absolute atomic E-state index is 0.497. The maximum absolute atomic E-state index is 5.80. The van der Waals surface area contributed by atoms with Gasteiger partial charge in [-0.05, 0) is 45.6 Å². The van der Waals surface area contributed by atoms with Crippen molar-refractivity contribution in [3.05, 3.63) is 34.3 Å². The Hall–Kier alpha value is -1.04. The van der Waals surface area contributed by atoms with Crippen molar-refractivity contribution in [1.82, 2.24) is 5.32 Å². The predicted octanol–water partition coefficient (Wildman–Crippen LogP) is 3.54. The minimum atomic E-state index is 0.497. The molecule has 0 amide bonds. The van der Waals surface area contributed by atoms with E-state index in [-0.39, 0.29) is 0 Å². The summed E-state index contributed by atoms with van der Waals surface area (Å²) in [5.41, 5.74) is 2.17. The zero-order valence-electron chi connectivity index (χ0n) is 13.0. The standard InChI is InChI=1S/C16H24BrNO3/c1-5-12(2)11-21-16-14(17)8-13(9-15(16)20-4)10-18-6-7-19-3/h8-9,18H,2,5-7,10-11H2,1,3-4H3. The fraction of sp³-hybridized carbons (Fsp3) is 0.500. The fourth-order valence-electron chi connectivity index (χ4n) is 1.70. The van der Waals surface area contributed by atoms with E-state index in [1.54, 1.807) is 14.2 Å². The molecule has 0 atom stereocenters. The Kier molecular flexibility index (Phi) is 8.42. The molecule has 0 bridgehead atoms. The number of benzene rings is 1. The van der Waals surface area contributed by atoms with Crippen LogP contribution in [0.5, 0.6) is 11.5 Å². The molecule has 0 aliphatic heterocycles. The van der Waals surface area contributed by atoms with Crippen molar-refractivity contribution in [3.63, 3.8) is 0 Å². The number of hydrogen-bond donors (Lipinski definition) is 1. The molecule has 0 fully saturated rings. The van der Waals surface area contributed by atoms with Gasteiger partial charge in [-0.25, -0.2) is 0 Å². The van der Waals surface area contributed by atoms with Crippen molar-refractivity contribution in [2.45, 2.75) is 19.9 Å². The average Bonchev–Trinajstić information content (AvgIpc) is 2.49. The summed E-state index contributed by atoms with van der Waals surface area (Å²) in [4.78, 5) is 0. The van der Waals surface area contributed by atoms with Crippen molar-refractivity contribution in [3.8, 4) is 11.5 Å². The summed E-state index contributed by atoms with van der Waals surface area (Å²) < 4.78 is 17.1. The minimum Gasteiger partial charge on any atom is -0.493 e. The first-order valence-corrected chi connectivity index (χ1v) is 7.77. The third-order valence-corrected chi connectivity index (χ3v) is 3.61. The number of ether oxygens (including phenoxy) is 3. The summed E-state index contributed by atoms with van der Waals surface area (Å²) in [6.45, 7) is 8.76. The molecule has 4 nitrogen and oxygen atoms in total. The lowest BCUT2D eigenvalue weighted by Gasteiger charge is -2.15. The second-order valence-corrected chi connectivity index (χ2v) is 5.53. The molecule has 0 unspecified atom stereocenters. The molecule has 0 aliphatic carbocycles. The molecule has 1 aromatic carbocycles. The molecule has 1 aromatic rings. The smallest absolute Gasteiger partial charge is 0.175 e. The third kappa shape index (κ3) is 6.08. The van der Waals surface area contributed by atoms with Crippen molar-refractivity contribution in [2.24, 2.45) is 0 Å². The van der Waals surface area contributed by atoms with Crippen LogP contribution in [0.1, 0.15) is 18.9 Å². The number of methoxy groups -OCH3 is 2. The van der Waals surface area contributed by atoms with Gasteiger partial charge in [-0.1, -0.05) is 13.5 Å². The molecule has 0 radical (unpaired) electrons.